The van der Waals surface area contributed by atoms with Gasteiger partial charge in [0, 0.05) is 24.5 Å². The van der Waals surface area contributed by atoms with E-state index in [0.29, 0.717) is 53.2 Å². The van der Waals surface area contributed by atoms with Crippen molar-refractivity contribution in [2.75, 3.05) is 11.9 Å². The number of hydrogen-bond acceptors (Lipinski definition) is 5. The van der Waals surface area contributed by atoms with Gasteiger partial charge in [0.05, 0.1) is 11.9 Å². The van der Waals surface area contributed by atoms with Crippen molar-refractivity contribution in [2.45, 2.75) is 46.2 Å². The Kier molecular flexibility index (Phi) is 8.10. The molecule has 1 amide bonds. The average molecular weight is 519 g/mol. The molecule has 3 N–H and O–H groups in total. The Morgan fingerprint density at radius 3 is 2.34 bits per heavy atom. The summed E-state index contributed by atoms with van der Waals surface area (Å²) in [5.74, 6) is -0.940. The fourth-order valence-corrected chi connectivity index (χ4v) is 4.33. The van der Waals surface area contributed by atoms with Crippen molar-refractivity contribution >= 4 is 28.6 Å². The summed E-state index contributed by atoms with van der Waals surface area (Å²) in [6.45, 7) is 4.51. The number of amides is 1. The second-order valence-electron chi connectivity index (χ2n) is 8.92. The topological polar surface area (TPSA) is 135 Å². The first kappa shape index (κ1) is 26.5. The molecule has 0 saturated heterocycles. The van der Waals surface area contributed by atoms with Crippen LogP contribution in [0.1, 0.15) is 32.3 Å². The van der Waals surface area contributed by atoms with Gasteiger partial charge in [-0.3, -0.25) is 23.5 Å². The van der Waals surface area contributed by atoms with Gasteiger partial charge in [-0.1, -0.05) is 32.0 Å². The Hall–Kier alpha value is -4.60. The number of carboxylic acids is 1. The van der Waals surface area contributed by atoms with Crippen LogP contribution in [0.2, 0.25) is 0 Å². The van der Waals surface area contributed by atoms with Gasteiger partial charge in [0.2, 0.25) is 0 Å². The molecule has 0 aliphatic heterocycles. The summed E-state index contributed by atoms with van der Waals surface area (Å²) in [5.41, 5.74) is 2.74. The van der Waals surface area contributed by atoms with Crippen molar-refractivity contribution in [3.05, 3.63) is 81.0 Å². The molecule has 0 fully saturated rings. The second-order valence-corrected chi connectivity index (χ2v) is 8.92. The van der Waals surface area contributed by atoms with E-state index >= 15 is 0 Å². The van der Waals surface area contributed by atoms with Crippen molar-refractivity contribution in [3.63, 3.8) is 0 Å². The molecule has 0 atom stereocenters. The van der Waals surface area contributed by atoms with Gasteiger partial charge in [-0.05, 0) is 60.4 Å². The smallest absolute Gasteiger partial charge is 0.331 e. The summed E-state index contributed by atoms with van der Waals surface area (Å²) in [6, 6.07) is 15.5. The number of H-pyrrole nitrogens is 1. The Bertz CT molecular complexity index is 1580. The van der Waals surface area contributed by atoms with Gasteiger partial charge in [0.15, 0.2) is 6.61 Å². The van der Waals surface area contributed by atoms with E-state index in [1.165, 1.54) is 4.57 Å². The SMILES string of the molecule is CCCn1c(=O)c2[nH]c(-c3ccc(OCC(=O)Nc4ccccc4CC(=O)O)cc3)cc2n(CCC)c1=O. The largest absolute Gasteiger partial charge is 0.484 e. The van der Waals surface area contributed by atoms with Crippen molar-refractivity contribution in [3.8, 4) is 17.0 Å². The first-order valence-corrected chi connectivity index (χ1v) is 12.5. The number of fused-ring (bicyclic) bond motifs is 1. The molecule has 4 rings (SSSR count). The standard InChI is InChI=1S/C28H30N4O6/c1-3-13-31-23-16-22(30-26(23)27(36)32(14-4-2)28(31)37)18-9-11-20(12-10-18)38-17-24(33)29-21-8-6-5-7-19(21)15-25(34)35/h5-12,16,30H,3-4,13-15,17H2,1-2H3,(H,29,33)(H,34,35). The number of carboxylic acid groups (broad SMARTS) is 1. The zero-order valence-corrected chi connectivity index (χ0v) is 21.3. The van der Waals surface area contributed by atoms with E-state index in [1.807, 2.05) is 19.9 Å². The van der Waals surface area contributed by atoms with Gasteiger partial charge in [-0.25, -0.2) is 4.79 Å². The molecule has 0 aliphatic carbocycles. The van der Waals surface area contributed by atoms with Crippen molar-refractivity contribution < 1.29 is 19.4 Å². The lowest BCUT2D eigenvalue weighted by molar-refractivity contribution is -0.136. The lowest BCUT2D eigenvalue weighted by Crippen LogP contribution is -2.39. The fourth-order valence-electron chi connectivity index (χ4n) is 4.33. The number of hydrogen-bond donors (Lipinski definition) is 3. The van der Waals surface area contributed by atoms with Crippen LogP contribution in [0.4, 0.5) is 5.69 Å². The molecule has 0 radical (unpaired) electrons. The number of rotatable bonds is 11. The summed E-state index contributed by atoms with van der Waals surface area (Å²) in [4.78, 5) is 52.5. The maximum Gasteiger partial charge on any atom is 0.331 e. The molecule has 2 heterocycles. The number of nitrogens with one attached hydrogen (secondary N) is 2. The van der Waals surface area contributed by atoms with Gasteiger partial charge in [-0.15, -0.1) is 0 Å². The minimum absolute atomic E-state index is 0.201. The van der Waals surface area contributed by atoms with Crippen LogP contribution in [-0.2, 0) is 29.1 Å². The van der Waals surface area contributed by atoms with Crippen LogP contribution in [0.5, 0.6) is 5.75 Å². The highest BCUT2D eigenvalue weighted by Gasteiger charge is 2.16. The third kappa shape index (κ3) is 5.69. The number of ether oxygens (including phenoxy) is 1. The van der Waals surface area contributed by atoms with Crippen LogP contribution in [0.15, 0.2) is 64.2 Å². The van der Waals surface area contributed by atoms with E-state index in [2.05, 4.69) is 10.3 Å². The number of aryl methyl sites for hydroxylation is 1. The van der Waals surface area contributed by atoms with Crippen LogP contribution in [0.3, 0.4) is 0 Å². The number of aromatic nitrogens is 3. The summed E-state index contributed by atoms with van der Waals surface area (Å²) < 4.78 is 8.52. The highest BCUT2D eigenvalue weighted by molar-refractivity contribution is 5.93. The van der Waals surface area contributed by atoms with Gasteiger partial charge in [0.1, 0.15) is 11.3 Å². The predicted octanol–water partition coefficient (Wildman–Crippen LogP) is 3.62. The number of para-hydroxylation sites is 1. The van der Waals surface area contributed by atoms with Crippen LogP contribution >= 0.6 is 0 Å². The van der Waals surface area contributed by atoms with E-state index < -0.39 is 11.9 Å². The summed E-state index contributed by atoms with van der Waals surface area (Å²) in [7, 11) is 0. The van der Waals surface area contributed by atoms with E-state index in [-0.39, 0.29) is 24.3 Å². The molecule has 2 aromatic heterocycles. The maximum absolute atomic E-state index is 13.0. The number of carbonyl (C=O) groups excluding carboxylic acids is 1. The third-order valence-corrected chi connectivity index (χ3v) is 6.07. The molecular formula is C28H30N4O6. The maximum atomic E-state index is 13.0. The lowest BCUT2D eigenvalue weighted by Gasteiger charge is -2.11. The first-order valence-electron chi connectivity index (χ1n) is 12.5. The van der Waals surface area contributed by atoms with Crippen LogP contribution in [-0.4, -0.2) is 37.7 Å². The molecule has 0 unspecified atom stereocenters. The minimum Gasteiger partial charge on any atom is -0.484 e. The lowest BCUT2D eigenvalue weighted by atomic mass is 10.1. The number of nitrogens with zero attached hydrogens (tertiary/aromatic N) is 2. The fraction of sp³-hybridized carbons (Fsp3) is 0.286. The molecule has 38 heavy (non-hydrogen) atoms. The molecule has 10 heteroatoms. The van der Waals surface area contributed by atoms with Gasteiger partial charge < -0.3 is 20.1 Å². The number of anilines is 1. The Morgan fingerprint density at radius 1 is 0.974 bits per heavy atom. The molecule has 2 aromatic carbocycles. The summed E-state index contributed by atoms with van der Waals surface area (Å²) >= 11 is 0. The van der Waals surface area contributed by atoms with E-state index in [4.69, 9.17) is 9.84 Å². The normalized spacial score (nSPS) is 11.0. The molecule has 4 aromatic rings. The zero-order chi connectivity index (χ0) is 27.2. The highest BCUT2D eigenvalue weighted by atomic mass is 16.5. The van der Waals surface area contributed by atoms with Crippen molar-refractivity contribution in [1.29, 1.82) is 0 Å². The quantitative estimate of drug-likeness (QED) is 0.278. The molecule has 198 valence electrons. The zero-order valence-electron chi connectivity index (χ0n) is 21.3. The monoisotopic (exact) mass is 518 g/mol. The van der Waals surface area contributed by atoms with Crippen LogP contribution < -0.4 is 21.3 Å². The van der Waals surface area contributed by atoms with Crippen molar-refractivity contribution in [1.82, 2.24) is 14.1 Å². The van der Waals surface area contributed by atoms with Gasteiger partial charge in [0.25, 0.3) is 11.5 Å². The number of benzene rings is 2. The Labute approximate surface area is 218 Å². The molecule has 0 bridgehead atoms. The number of carbonyl (C=O) groups is 2. The molecule has 10 nitrogen and oxygen atoms in total. The predicted molar refractivity (Wildman–Crippen MR) is 145 cm³/mol. The summed E-state index contributed by atoms with van der Waals surface area (Å²) in [6.07, 6.45) is 1.23. The van der Waals surface area contributed by atoms with Crippen LogP contribution in [0.25, 0.3) is 22.3 Å². The van der Waals surface area contributed by atoms with E-state index in [0.717, 1.165) is 12.0 Å². The van der Waals surface area contributed by atoms with Gasteiger partial charge >= 0.3 is 11.7 Å². The van der Waals surface area contributed by atoms with E-state index in [1.54, 1.807) is 53.1 Å². The molecule has 0 saturated carbocycles. The van der Waals surface area contributed by atoms with E-state index in [9.17, 15) is 19.2 Å². The summed E-state index contributed by atoms with van der Waals surface area (Å²) in [5, 5.41) is 11.7. The Balaban J connectivity index is 1.50. The third-order valence-electron chi connectivity index (χ3n) is 6.07. The number of aromatic amines is 1. The molecule has 0 spiro atoms. The average Bonchev–Trinajstić information content (AvgIpc) is 3.35. The van der Waals surface area contributed by atoms with Gasteiger partial charge in [-0.2, -0.15) is 0 Å². The Morgan fingerprint density at radius 2 is 1.66 bits per heavy atom. The molecular weight excluding hydrogens is 488 g/mol. The molecule has 0 aliphatic rings. The first-order chi connectivity index (χ1) is 18.3. The highest BCUT2D eigenvalue weighted by Crippen LogP contribution is 2.25. The second kappa shape index (κ2) is 11.6. The number of aliphatic carboxylic acids is 1. The van der Waals surface area contributed by atoms with Crippen LogP contribution in [0, 0.1) is 0 Å². The van der Waals surface area contributed by atoms with Crippen molar-refractivity contribution in [2.24, 2.45) is 0 Å². The minimum atomic E-state index is -0.988.